The van der Waals surface area contributed by atoms with Crippen LogP contribution in [0.3, 0.4) is 0 Å². The summed E-state index contributed by atoms with van der Waals surface area (Å²) in [5.74, 6) is 1.11. The number of hydrogen-bond donors (Lipinski definition) is 0. The van der Waals surface area contributed by atoms with E-state index in [0.717, 1.165) is 0 Å². The van der Waals surface area contributed by atoms with Gasteiger partial charge in [0.1, 0.15) is 0 Å². The third kappa shape index (κ3) is 19.5. The molecule has 0 saturated heterocycles. The van der Waals surface area contributed by atoms with Gasteiger partial charge in [-0.2, -0.15) is 0 Å². The number of hydrogen-bond acceptors (Lipinski definition) is 0. The lowest BCUT2D eigenvalue weighted by Crippen LogP contribution is -1.95. The fourth-order valence-corrected chi connectivity index (χ4v) is 4.44. The van der Waals surface area contributed by atoms with Gasteiger partial charge in [-0.25, -0.2) is 0 Å². The summed E-state index contributed by atoms with van der Waals surface area (Å²) in [5, 5.41) is 0. The van der Waals surface area contributed by atoms with E-state index in [2.05, 4.69) is 20.8 Å². The van der Waals surface area contributed by atoms with Crippen LogP contribution in [0.2, 0.25) is 0 Å². The second kappa shape index (κ2) is 19.4. The summed E-state index contributed by atoms with van der Waals surface area (Å²) in [6, 6.07) is 0. The van der Waals surface area contributed by atoms with Crippen LogP contribution in [0.1, 0.15) is 59.3 Å². The Labute approximate surface area is 121 Å². The van der Waals surface area contributed by atoms with E-state index in [4.69, 9.17) is 23.2 Å². The summed E-state index contributed by atoms with van der Waals surface area (Å²) in [7, 11) is 0.422. The van der Waals surface area contributed by atoms with Gasteiger partial charge in [-0.3, -0.25) is 0 Å². The molecule has 0 aromatic heterocycles. The average Bonchev–Trinajstić information content (AvgIpc) is 2.38. The molecule has 0 amide bonds. The van der Waals surface area contributed by atoms with Gasteiger partial charge in [-0.15, -0.1) is 31.1 Å². The summed E-state index contributed by atoms with van der Waals surface area (Å²) in [6.45, 7) is 6.94. The third-order valence-electron chi connectivity index (χ3n) is 2.56. The van der Waals surface area contributed by atoms with Crippen molar-refractivity contribution in [3.63, 3.8) is 0 Å². The highest BCUT2D eigenvalue weighted by molar-refractivity contribution is 7.57. The maximum atomic E-state index is 5.05. The molecule has 0 heterocycles. The van der Waals surface area contributed by atoms with Gasteiger partial charge in [-0.05, 0) is 37.7 Å². The van der Waals surface area contributed by atoms with Gasteiger partial charge in [0.05, 0.1) is 0 Å². The first-order valence-electron chi connectivity index (χ1n) is 7.10. The van der Waals surface area contributed by atoms with Crippen molar-refractivity contribution in [2.45, 2.75) is 59.3 Å². The van der Waals surface area contributed by atoms with E-state index in [0.29, 0.717) is 19.7 Å². The average molecular weight is 301 g/mol. The Kier molecular flexibility index (Phi) is 23.1. The van der Waals surface area contributed by atoms with E-state index in [1.54, 1.807) is 18.5 Å². The highest BCUT2D eigenvalue weighted by atomic mass is 35.5. The Hall–Kier alpha value is 1.01. The van der Waals surface area contributed by atoms with Crippen molar-refractivity contribution in [2.75, 3.05) is 30.2 Å². The molecule has 106 valence electrons. The Morgan fingerprint density at radius 2 is 0.941 bits per heavy atom. The molecular formula is C14H31Cl2P. The second-order valence-corrected chi connectivity index (χ2v) is 7.72. The topological polar surface area (TPSA) is 0 Å². The summed E-state index contributed by atoms with van der Waals surface area (Å²) in [5.41, 5.74) is 0. The first-order valence-corrected chi connectivity index (χ1v) is 10.1. The van der Waals surface area contributed by atoms with Crippen LogP contribution in [-0.4, -0.2) is 30.2 Å². The zero-order valence-electron chi connectivity index (χ0n) is 12.0. The van der Waals surface area contributed by atoms with Crippen LogP contribution in [0.5, 0.6) is 0 Å². The fraction of sp³-hybridized carbons (Fsp3) is 1.00. The highest BCUT2D eigenvalue weighted by Crippen LogP contribution is 2.38. The molecule has 0 aliphatic heterocycles. The van der Waals surface area contributed by atoms with Gasteiger partial charge in [-0.1, -0.05) is 40.0 Å². The molecule has 0 saturated carbocycles. The summed E-state index contributed by atoms with van der Waals surface area (Å²) in [6.07, 6.45) is 13.2. The van der Waals surface area contributed by atoms with E-state index < -0.39 is 0 Å². The monoisotopic (exact) mass is 300 g/mol. The highest BCUT2D eigenvalue weighted by Gasteiger charge is 2.05. The molecule has 0 radical (unpaired) electrons. The van der Waals surface area contributed by atoms with Crippen LogP contribution in [0.25, 0.3) is 0 Å². The standard InChI is InChI=1S/C12H27P.C2H4Cl2/c1-4-7-10-13(11-8-5-2)12-9-6-3;3-1-2-4/h4-12H2,1-3H3;1-2H2. The molecule has 0 fully saturated rings. The largest absolute Gasteiger partial charge is 0.125 e. The fourth-order valence-electron chi connectivity index (χ4n) is 1.48. The minimum absolute atomic E-state index is 0.422. The van der Waals surface area contributed by atoms with Crippen molar-refractivity contribution in [1.29, 1.82) is 0 Å². The Morgan fingerprint density at radius 3 is 1.12 bits per heavy atom. The molecule has 3 heteroatoms. The minimum Gasteiger partial charge on any atom is -0.125 e. The normalized spacial score (nSPS) is 10.2. The van der Waals surface area contributed by atoms with Crippen molar-refractivity contribution >= 4 is 31.1 Å². The molecule has 0 aromatic rings. The Bertz CT molecular complexity index is 99.8. The molecule has 0 N–H and O–H groups in total. The molecule has 17 heavy (non-hydrogen) atoms. The minimum atomic E-state index is 0.422. The van der Waals surface area contributed by atoms with E-state index in [9.17, 15) is 0 Å². The molecule has 0 atom stereocenters. The second-order valence-electron chi connectivity index (χ2n) is 4.28. The number of halogens is 2. The lowest BCUT2D eigenvalue weighted by Gasteiger charge is -2.16. The zero-order valence-corrected chi connectivity index (χ0v) is 14.4. The molecule has 0 unspecified atom stereocenters. The first-order chi connectivity index (χ1) is 8.26. The first kappa shape index (κ1) is 20.3. The van der Waals surface area contributed by atoms with Gasteiger partial charge < -0.3 is 0 Å². The van der Waals surface area contributed by atoms with E-state index >= 15 is 0 Å². The van der Waals surface area contributed by atoms with E-state index in [-0.39, 0.29) is 0 Å². The van der Waals surface area contributed by atoms with Crippen LogP contribution in [0, 0.1) is 0 Å². The van der Waals surface area contributed by atoms with Crippen molar-refractivity contribution in [1.82, 2.24) is 0 Å². The molecule has 0 bridgehead atoms. The van der Waals surface area contributed by atoms with Crippen molar-refractivity contribution in [3.8, 4) is 0 Å². The van der Waals surface area contributed by atoms with Crippen molar-refractivity contribution in [3.05, 3.63) is 0 Å². The van der Waals surface area contributed by atoms with Gasteiger partial charge in [0, 0.05) is 11.8 Å². The van der Waals surface area contributed by atoms with Crippen LogP contribution in [0.4, 0.5) is 0 Å². The predicted molar refractivity (Wildman–Crippen MR) is 87.7 cm³/mol. The van der Waals surface area contributed by atoms with Crippen LogP contribution in [0.15, 0.2) is 0 Å². The van der Waals surface area contributed by atoms with E-state index in [1.807, 2.05) is 0 Å². The molecular weight excluding hydrogens is 270 g/mol. The number of alkyl halides is 2. The number of rotatable bonds is 10. The maximum Gasteiger partial charge on any atom is 0.0359 e. The summed E-state index contributed by atoms with van der Waals surface area (Å²) < 4.78 is 0. The van der Waals surface area contributed by atoms with Crippen LogP contribution in [-0.2, 0) is 0 Å². The summed E-state index contributed by atoms with van der Waals surface area (Å²) in [4.78, 5) is 0. The molecule has 0 rings (SSSR count). The predicted octanol–water partition coefficient (Wildman–Crippen LogP) is 6.33. The van der Waals surface area contributed by atoms with Gasteiger partial charge in [0.25, 0.3) is 0 Å². The number of unbranched alkanes of at least 4 members (excludes halogenated alkanes) is 3. The third-order valence-corrected chi connectivity index (χ3v) is 5.97. The quantitative estimate of drug-likeness (QED) is 0.326. The smallest absolute Gasteiger partial charge is 0.0359 e. The van der Waals surface area contributed by atoms with Crippen molar-refractivity contribution in [2.24, 2.45) is 0 Å². The van der Waals surface area contributed by atoms with E-state index in [1.165, 1.54) is 38.5 Å². The van der Waals surface area contributed by atoms with Gasteiger partial charge in [0.15, 0.2) is 0 Å². The lowest BCUT2D eigenvalue weighted by atomic mass is 10.4. The molecule has 0 spiro atoms. The lowest BCUT2D eigenvalue weighted by molar-refractivity contribution is 0.847. The molecule has 0 aromatic carbocycles. The Morgan fingerprint density at radius 1 is 0.647 bits per heavy atom. The molecule has 0 nitrogen and oxygen atoms in total. The summed E-state index contributed by atoms with van der Waals surface area (Å²) >= 11 is 10.1. The maximum absolute atomic E-state index is 5.05. The van der Waals surface area contributed by atoms with Gasteiger partial charge in [0.2, 0.25) is 0 Å². The zero-order chi connectivity index (χ0) is 13.4. The van der Waals surface area contributed by atoms with Crippen LogP contribution >= 0.6 is 31.1 Å². The SMILES string of the molecule is CCCCP(CCCC)CCCC.ClCCCl. The molecule has 0 aliphatic carbocycles. The van der Waals surface area contributed by atoms with Crippen LogP contribution < -0.4 is 0 Å². The molecule has 0 aliphatic rings. The Balaban J connectivity index is 0. The van der Waals surface area contributed by atoms with Crippen molar-refractivity contribution < 1.29 is 0 Å². The van der Waals surface area contributed by atoms with Gasteiger partial charge >= 0.3 is 0 Å².